The van der Waals surface area contributed by atoms with E-state index in [-0.39, 0.29) is 23.0 Å². The molecule has 0 aromatic carbocycles. The first-order chi connectivity index (χ1) is 9.97. The molecule has 7 atom stereocenters. The Balaban J connectivity index is 1.71. The lowest BCUT2D eigenvalue weighted by atomic mass is 9.48. The summed E-state index contributed by atoms with van der Waals surface area (Å²) in [5.74, 6) is 2.16. The van der Waals surface area contributed by atoms with Crippen molar-refractivity contribution in [2.45, 2.75) is 77.4 Å². The van der Waals surface area contributed by atoms with Gasteiger partial charge in [0.05, 0.1) is 12.2 Å². The van der Waals surface area contributed by atoms with Crippen molar-refractivity contribution in [3.63, 3.8) is 0 Å². The molecule has 3 saturated carbocycles. The van der Waals surface area contributed by atoms with Gasteiger partial charge in [-0.1, -0.05) is 19.9 Å². The quantitative estimate of drug-likeness (QED) is 0.668. The van der Waals surface area contributed by atoms with E-state index in [0.717, 1.165) is 31.1 Å². The van der Waals surface area contributed by atoms with E-state index in [1.54, 1.807) is 0 Å². The predicted octanol–water partition coefficient (Wildman–Crippen LogP) is 3.67. The second-order valence-corrected chi connectivity index (χ2v) is 8.74. The van der Waals surface area contributed by atoms with E-state index < -0.39 is 0 Å². The minimum atomic E-state index is -0.188. The molecular formula is C19H30O2. The van der Waals surface area contributed by atoms with Crippen LogP contribution in [0.1, 0.15) is 65.2 Å². The largest absolute Gasteiger partial charge is 0.393 e. The van der Waals surface area contributed by atoms with Gasteiger partial charge in [-0.3, -0.25) is 0 Å². The van der Waals surface area contributed by atoms with Crippen LogP contribution in [-0.4, -0.2) is 22.4 Å². The average Bonchev–Trinajstić information content (AvgIpc) is 2.75. The lowest BCUT2D eigenvalue weighted by Gasteiger charge is -2.57. The molecule has 0 aliphatic heterocycles. The molecule has 0 bridgehead atoms. The second kappa shape index (κ2) is 4.58. The van der Waals surface area contributed by atoms with Crippen LogP contribution in [0.2, 0.25) is 0 Å². The van der Waals surface area contributed by atoms with Gasteiger partial charge < -0.3 is 10.2 Å². The van der Waals surface area contributed by atoms with Crippen molar-refractivity contribution < 1.29 is 10.2 Å². The van der Waals surface area contributed by atoms with E-state index in [1.807, 2.05) is 0 Å². The van der Waals surface area contributed by atoms with Gasteiger partial charge in [0.25, 0.3) is 0 Å². The Morgan fingerprint density at radius 3 is 2.62 bits per heavy atom. The third-order valence-corrected chi connectivity index (χ3v) is 8.01. The number of aliphatic hydroxyl groups excluding tert-OH is 2. The first kappa shape index (κ1) is 14.3. The third-order valence-electron chi connectivity index (χ3n) is 8.01. The van der Waals surface area contributed by atoms with Crippen LogP contribution < -0.4 is 0 Å². The van der Waals surface area contributed by atoms with Crippen molar-refractivity contribution in [2.24, 2.45) is 28.6 Å². The normalized spacial score (nSPS) is 56.2. The third kappa shape index (κ3) is 1.78. The highest BCUT2D eigenvalue weighted by molar-refractivity contribution is 5.27. The van der Waals surface area contributed by atoms with Crippen LogP contribution in [0.3, 0.4) is 0 Å². The molecule has 4 aliphatic rings. The molecule has 2 N–H and O–H groups in total. The number of hydrogen-bond donors (Lipinski definition) is 2. The van der Waals surface area contributed by atoms with Crippen molar-refractivity contribution in [3.8, 4) is 0 Å². The first-order valence-electron chi connectivity index (χ1n) is 9.03. The molecule has 0 radical (unpaired) electrons. The van der Waals surface area contributed by atoms with E-state index >= 15 is 0 Å². The summed E-state index contributed by atoms with van der Waals surface area (Å²) in [5.41, 5.74) is 1.75. The Kier molecular flexibility index (Phi) is 3.11. The molecule has 0 spiro atoms. The molecule has 118 valence electrons. The Labute approximate surface area is 128 Å². The molecule has 0 amide bonds. The average molecular weight is 290 g/mol. The Hall–Kier alpha value is -0.340. The van der Waals surface area contributed by atoms with Crippen LogP contribution in [0.15, 0.2) is 11.6 Å². The van der Waals surface area contributed by atoms with Crippen LogP contribution in [0.5, 0.6) is 0 Å². The van der Waals surface area contributed by atoms with Crippen molar-refractivity contribution in [1.82, 2.24) is 0 Å². The SMILES string of the molecule is C[C@]12CCCC(O)C1=CC[C@@H]1[C@H]2CC[C@]2(C)C(O)CC[C@@H]12. The van der Waals surface area contributed by atoms with Crippen molar-refractivity contribution in [2.75, 3.05) is 0 Å². The van der Waals surface area contributed by atoms with Crippen LogP contribution in [0.4, 0.5) is 0 Å². The summed E-state index contributed by atoms with van der Waals surface area (Å²) >= 11 is 0. The summed E-state index contributed by atoms with van der Waals surface area (Å²) in [6.45, 7) is 4.76. The van der Waals surface area contributed by atoms with Gasteiger partial charge in [-0.25, -0.2) is 0 Å². The summed E-state index contributed by atoms with van der Waals surface area (Å²) in [6.07, 6.45) is 11.3. The van der Waals surface area contributed by atoms with Gasteiger partial charge in [-0.2, -0.15) is 0 Å². The molecule has 0 saturated heterocycles. The molecule has 2 unspecified atom stereocenters. The molecule has 4 aliphatic carbocycles. The summed E-state index contributed by atoms with van der Waals surface area (Å²) in [4.78, 5) is 0. The molecule has 0 heterocycles. The van der Waals surface area contributed by atoms with Crippen LogP contribution in [-0.2, 0) is 0 Å². The fourth-order valence-electron chi connectivity index (χ4n) is 6.75. The molecular weight excluding hydrogens is 260 g/mol. The van der Waals surface area contributed by atoms with Gasteiger partial charge in [-0.15, -0.1) is 0 Å². The topological polar surface area (TPSA) is 40.5 Å². The zero-order valence-electron chi connectivity index (χ0n) is 13.5. The van der Waals surface area contributed by atoms with Gasteiger partial charge >= 0.3 is 0 Å². The molecule has 21 heavy (non-hydrogen) atoms. The minimum absolute atomic E-state index is 0.0846. The number of fused-ring (bicyclic) bond motifs is 5. The molecule has 0 aromatic heterocycles. The summed E-state index contributed by atoms with van der Waals surface area (Å²) in [5, 5.41) is 20.9. The van der Waals surface area contributed by atoms with Crippen molar-refractivity contribution in [3.05, 3.63) is 11.6 Å². The molecule has 2 nitrogen and oxygen atoms in total. The van der Waals surface area contributed by atoms with E-state index in [4.69, 9.17) is 0 Å². The molecule has 3 fully saturated rings. The summed E-state index contributed by atoms with van der Waals surface area (Å²) < 4.78 is 0. The number of allylic oxidation sites excluding steroid dienone is 1. The smallest absolute Gasteiger partial charge is 0.0755 e. The standard InChI is InChI=1S/C19H30O2/c1-18-10-3-4-16(20)15(18)6-5-12-13-7-8-17(21)19(13,2)11-9-14(12)18/h6,12-14,16-17,20-21H,3-5,7-11H2,1-2H3/t12-,13-,14+,16?,17?,18+,19-/m0/s1. The Morgan fingerprint density at radius 1 is 1.00 bits per heavy atom. The Bertz CT molecular complexity index is 470. The van der Waals surface area contributed by atoms with Crippen LogP contribution >= 0.6 is 0 Å². The first-order valence-corrected chi connectivity index (χ1v) is 9.03. The van der Waals surface area contributed by atoms with Crippen LogP contribution in [0, 0.1) is 28.6 Å². The number of rotatable bonds is 0. The Morgan fingerprint density at radius 2 is 1.81 bits per heavy atom. The monoisotopic (exact) mass is 290 g/mol. The zero-order chi connectivity index (χ0) is 14.8. The maximum atomic E-state index is 10.5. The van der Waals surface area contributed by atoms with Crippen molar-refractivity contribution in [1.29, 1.82) is 0 Å². The lowest BCUT2D eigenvalue weighted by molar-refractivity contribution is -0.0727. The lowest BCUT2D eigenvalue weighted by Crippen LogP contribution is -2.51. The fraction of sp³-hybridized carbons (Fsp3) is 0.895. The minimum Gasteiger partial charge on any atom is -0.393 e. The highest BCUT2D eigenvalue weighted by Crippen LogP contribution is 2.64. The summed E-state index contributed by atoms with van der Waals surface area (Å²) in [6, 6.07) is 0. The van der Waals surface area contributed by atoms with E-state index in [9.17, 15) is 10.2 Å². The maximum Gasteiger partial charge on any atom is 0.0755 e. The zero-order valence-corrected chi connectivity index (χ0v) is 13.5. The van der Waals surface area contributed by atoms with Crippen LogP contribution in [0.25, 0.3) is 0 Å². The van der Waals surface area contributed by atoms with E-state index in [0.29, 0.717) is 5.92 Å². The van der Waals surface area contributed by atoms with Gasteiger partial charge in [0, 0.05) is 0 Å². The number of aliphatic hydroxyl groups is 2. The van der Waals surface area contributed by atoms with Gasteiger partial charge in [0.2, 0.25) is 0 Å². The second-order valence-electron chi connectivity index (χ2n) is 8.74. The van der Waals surface area contributed by atoms with Gasteiger partial charge in [-0.05, 0) is 85.5 Å². The fourth-order valence-corrected chi connectivity index (χ4v) is 6.75. The summed E-state index contributed by atoms with van der Waals surface area (Å²) in [7, 11) is 0. The van der Waals surface area contributed by atoms with Gasteiger partial charge in [0.1, 0.15) is 0 Å². The highest BCUT2D eigenvalue weighted by atomic mass is 16.3. The number of hydrogen-bond acceptors (Lipinski definition) is 2. The molecule has 4 rings (SSSR count). The van der Waals surface area contributed by atoms with E-state index in [1.165, 1.54) is 37.7 Å². The maximum absolute atomic E-state index is 10.5. The van der Waals surface area contributed by atoms with E-state index in [2.05, 4.69) is 19.9 Å². The highest BCUT2D eigenvalue weighted by Gasteiger charge is 2.58. The van der Waals surface area contributed by atoms with Crippen molar-refractivity contribution >= 4 is 0 Å². The molecule has 2 heteroatoms. The predicted molar refractivity (Wildman–Crippen MR) is 83.7 cm³/mol. The van der Waals surface area contributed by atoms with Gasteiger partial charge in [0.15, 0.2) is 0 Å². The molecule has 0 aromatic rings.